The maximum Gasteiger partial charge on any atom is 0.255 e. The number of terminal acetylenes is 1. The van der Waals surface area contributed by atoms with E-state index in [1.54, 1.807) is 0 Å². The van der Waals surface area contributed by atoms with Gasteiger partial charge in [-0.2, -0.15) is 4.98 Å². The number of halogens is 1. The van der Waals surface area contributed by atoms with Gasteiger partial charge in [-0.05, 0) is 0 Å². The molecule has 0 radical (unpaired) electrons. The Morgan fingerprint density at radius 3 is 3.08 bits per heavy atom. The molecule has 1 aromatic rings. The summed E-state index contributed by atoms with van der Waals surface area (Å²) in [7, 11) is 1.45. The van der Waals surface area contributed by atoms with Crippen molar-refractivity contribution in [2.75, 3.05) is 13.7 Å². The van der Waals surface area contributed by atoms with Gasteiger partial charge in [-0.25, -0.2) is 4.98 Å². The lowest BCUT2D eigenvalue weighted by Crippen LogP contribution is -1.99. The van der Waals surface area contributed by atoms with Crippen LogP contribution in [0.5, 0.6) is 11.8 Å². The van der Waals surface area contributed by atoms with Crippen LogP contribution in [-0.2, 0) is 0 Å². The second-order valence-corrected chi connectivity index (χ2v) is 2.36. The number of nitrogens with zero attached hydrogens (tertiary/aromatic N) is 2. The molecule has 0 aliphatic rings. The van der Waals surface area contributed by atoms with Gasteiger partial charge in [0, 0.05) is 0 Å². The fourth-order valence-electron chi connectivity index (χ4n) is 0.657. The first-order chi connectivity index (χ1) is 6.27. The molecule has 0 saturated heterocycles. The molecule has 4 nitrogen and oxygen atoms in total. The van der Waals surface area contributed by atoms with Crippen LogP contribution in [0, 0.1) is 12.3 Å². The van der Waals surface area contributed by atoms with Crippen LogP contribution in [0.3, 0.4) is 0 Å². The first-order valence-electron chi connectivity index (χ1n) is 3.40. The highest BCUT2D eigenvalue weighted by Gasteiger charge is 2.05. The summed E-state index contributed by atoms with van der Waals surface area (Å²) in [5, 5.41) is 0.190. The molecule has 0 saturated carbocycles. The Hall–Kier alpha value is -1.47. The molecule has 5 heteroatoms. The van der Waals surface area contributed by atoms with Gasteiger partial charge in [0.2, 0.25) is 5.88 Å². The van der Waals surface area contributed by atoms with E-state index in [0.29, 0.717) is 5.88 Å². The molecule has 1 rings (SSSR count). The van der Waals surface area contributed by atoms with Crippen molar-refractivity contribution in [1.82, 2.24) is 9.97 Å². The number of aromatic nitrogens is 2. The molecule has 0 unspecified atom stereocenters. The van der Waals surface area contributed by atoms with Gasteiger partial charge in [-0.1, -0.05) is 17.5 Å². The summed E-state index contributed by atoms with van der Waals surface area (Å²) in [6.07, 6.45) is 6.37. The maximum absolute atomic E-state index is 5.64. The average molecular weight is 199 g/mol. The quantitative estimate of drug-likeness (QED) is 0.684. The zero-order valence-corrected chi connectivity index (χ0v) is 7.71. The van der Waals surface area contributed by atoms with Crippen molar-refractivity contribution in [3.8, 4) is 24.1 Å². The molecular weight excluding hydrogens is 192 g/mol. The lowest BCUT2D eigenvalue weighted by atomic mass is 10.6. The summed E-state index contributed by atoms with van der Waals surface area (Å²) < 4.78 is 9.83. The minimum Gasteiger partial charge on any atom is -0.479 e. The Labute approximate surface area is 80.9 Å². The molecule has 0 aliphatic carbocycles. The van der Waals surface area contributed by atoms with Crippen molar-refractivity contribution in [3.05, 3.63) is 11.3 Å². The molecular formula is C8H7ClN2O2. The molecule has 0 atom stereocenters. The van der Waals surface area contributed by atoms with Crippen molar-refractivity contribution < 1.29 is 9.47 Å². The van der Waals surface area contributed by atoms with E-state index in [0.717, 1.165) is 0 Å². The molecule has 0 amide bonds. The fraction of sp³-hybridized carbons (Fsp3) is 0.250. The number of hydrogen-bond donors (Lipinski definition) is 0. The summed E-state index contributed by atoms with van der Waals surface area (Å²) in [5.41, 5.74) is 0. The van der Waals surface area contributed by atoms with Crippen LogP contribution in [0.2, 0.25) is 5.15 Å². The summed E-state index contributed by atoms with van der Waals surface area (Å²) >= 11 is 5.64. The molecule has 0 N–H and O–H groups in total. The number of hydrogen-bond acceptors (Lipinski definition) is 4. The van der Waals surface area contributed by atoms with Gasteiger partial charge in [0.25, 0.3) is 5.88 Å². The van der Waals surface area contributed by atoms with E-state index in [1.807, 2.05) is 0 Å². The third-order valence-corrected chi connectivity index (χ3v) is 1.43. The van der Waals surface area contributed by atoms with Crippen molar-refractivity contribution in [2.24, 2.45) is 0 Å². The molecule has 13 heavy (non-hydrogen) atoms. The summed E-state index contributed by atoms with van der Waals surface area (Å²) in [6.45, 7) is 0.138. The number of rotatable bonds is 3. The predicted octanol–water partition coefficient (Wildman–Crippen LogP) is 1.15. The molecule has 68 valence electrons. The van der Waals surface area contributed by atoms with Crippen LogP contribution in [0.4, 0.5) is 0 Å². The minimum atomic E-state index is 0.138. The van der Waals surface area contributed by atoms with Crippen molar-refractivity contribution in [3.63, 3.8) is 0 Å². The molecule has 0 aliphatic heterocycles. The van der Waals surface area contributed by atoms with Gasteiger partial charge in [0.1, 0.15) is 0 Å². The van der Waals surface area contributed by atoms with E-state index < -0.39 is 0 Å². The normalized spacial score (nSPS) is 9.00. The molecule has 0 aromatic carbocycles. The fourth-order valence-corrected chi connectivity index (χ4v) is 0.825. The molecule has 1 aromatic heterocycles. The van der Waals surface area contributed by atoms with E-state index in [4.69, 9.17) is 27.5 Å². The summed E-state index contributed by atoms with van der Waals surface area (Å²) in [6, 6.07) is 0. The van der Waals surface area contributed by atoms with Gasteiger partial charge in [0.15, 0.2) is 11.8 Å². The van der Waals surface area contributed by atoms with E-state index in [2.05, 4.69) is 15.9 Å². The molecule has 1 heterocycles. The maximum atomic E-state index is 5.64. The van der Waals surface area contributed by atoms with Crippen LogP contribution in [0.25, 0.3) is 0 Å². The van der Waals surface area contributed by atoms with Gasteiger partial charge in [-0.3, -0.25) is 0 Å². The molecule has 0 bridgehead atoms. The lowest BCUT2D eigenvalue weighted by molar-refractivity contribution is 0.336. The Kier molecular flexibility index (Phi) is 3.35. The summed E-state index contributed by atoms with van der Waals surface area (Å²) in [5.74, 6) is 2.81. The number of methoxy groups -OCH3 is 1. The van der Waals surface area contributed by atoms with Gasteiger partial charge < -0.3 is 9.47 Å². The van der Waals surface area contributed by atoms with Crippen molar-refractivity contribution in [2.45, 2.75) is 0 Å². The zero-order valence-electron chi connectivity index (χ0n) is 6.95. The van der Waals surface area contributed by atoms with E-state index in [9.17, 15) is 0 Å². The second kappa shape index (κ2) is 4.53. The SMILES string of the molecule is C#CCOc1cnc(Cl)c(OC)n1. The monoisotopic (exact) mass is 198 g/mol. The van der Waals surface area contributed by atoms with Gasteiger partial charge in [-0.15, -0.1) is 6.42 Å². The standard InChI is InChI=1S/C8H7ClN2O2/c1-3-4-13-6-5-10-7(9)8(11-6)12-2/h1,5H,4H2,2H3. The first kappa shape index (κ1) is 9.62. The summed E-state index contributed by atoms with van der Waals surface area (Å²) in [4.78, 5) is 7.68. The largest absolute Gasteiger partial charge is 0.479 e. The van der Waals surface area contributed by atoms with Gasteiger partial charge in [0.05, 0.1) is 13.3 Å². The smallest absolute Gasteiger partial charge is 0.255 e. The lowest BCUT2D eigenvalue weighted by Gasteiger charge is -2.03. The highest BCUT2D eigenvalue weighted by atomic mass is 35.5. The van der Waals surface area contributed by atoms with Crippen LogP contribution in [0.1, 0.15) is 0 Å². The van der Waals surface area contributed by atoms with Crippen molar-refractivity contribution in [1.29, 1.82) is 0 Å². The van der Waals surface area contributed by atoms with Gasteiger partial charge >= 0.3 is 0 Å². The Bertz CT molecular complexity index is 335. The average Bonchev–Trinajstić information content (AvgIpc) is 2.16. The Balaban J connectivity index is 2.81. The highest BCUT2D eigenvalue weighted by Crippen LogP contribution is 2.20. The molecule has 0 fully saturated rings. The topological polar surface area (TPSA) is 44.2 Å². The van der Waals surface area contributed by atoms with Crippen LogP contribution >= 0.6 is 11.6 Å². The predicted molar refractivity (Wildman–Crippen MR) is 47.9 cm³/mol. The van der Waals surface area contributed by atoms with E-state index in [1.165, 1.54) is 13.3 Å². The van der Waals surface area contributed by atoms with Crippen LogP contribution < -0.4 is 9.47 Å². The minimum absolute atomic E-state index is 0.138. The van der Waals surface area contributed by atoms with E-state index in [-0.39, 0.29) is 17.6 Å². The van der Waals surface area contributed by atoms with Crippen molar-refractivity contribution >= 4 is 11.6 Å². The first-order valence-corrected chi connectivity index (χ1v) is 3.78. The zero-order chi connectivity index (χ0) is 9.68. The third kappa shape index (κ3) is 2.49. The molecule has 0 spiro atoms. The van der Waals surface area contributed by atoms with Crippen LogP contribution in [0.15, 0.2) is 6.20 Å². The third-order valence-electron chi connectivity index (χ3n) is 1.17. The van der Waals surface area contributed by atoms with Crippen LogP contribution in [-0.4, -0.2) is 23.7 Å². The van der Waals surface area contributed by atoms with E-state index >= 15 is 0 Å². The number of ether oxygens (including phenoxy) is 2. The highest BCUT2D eigenvalue weighted by molar-refractivity contribution is 6.30. The Morgan fingerprint density at radius 2 is 2.46 bits per heavy atom. The Morgan fingerprint density at radius 1 is 1.69 bits per heavy atom. The second-order valence-electron chi connectivity index (χ2n) is 2.00.